The number of esters is 1. The molecule has 1 unspecified atom stereocenters. The Labute approximate surface area is 123 Å². The summed E-state index contributed by atoms with van der Waals surface area (Å²) in [6.45, 7) is 4.91. The molecule has 17 heavy (non-hydrogen) atoms. The first kappa shape index (κ1) is 19.9. The van der Waals surface area contributed by atoms with Gasteiger partial charge in [0, 0.05) is 5.75 Å². The molecular weight excluding hydrogens is 339 g/mol. The minimum atomic E-state index is -0.116. The van der Waals surface area contributed by atoms with Gasteiger partial charge in [-0.3, -0.25) is 4.79 Å². The molecular formula is C13H28O2SSn. The number of hydrogen-bond donors (Lipinski definition) is 1. The topological polar surface area (TPSA) is 26.3 Å². The van der Waals surface area contributed by atoms with Gasteiger partial charge in [0.2, 0.25) is 0 Å². The van der Waals surface area contributed by atoms with Gasteiger partial charge >= 0.3 is 37.0 Å². The summed E-state index contributed by atoms with van der Waals surface area (Å²) in [6.07, 6.45) is 5.12. The van der Waals surface area contributed by atoms with Crippen LogP contribution < -0.4 is 0 Å². The molecule has 2 nitrogen and oxygen atoms in total. The van der Waals surface area contributed by atoms with E-state index >= 15 is 0 Å². The van der Waals surface area contributed by atoms with Crippen LogP contribution >= 0.6 is 12.6 Å². The van der Waals surface area contributed by atoms with E-state index in [-0.39, 0.29) is 27.1 Å². The van der Waals surface area contributed by atoms with Gasteiger partial charge in [-0.05, 0) is 12.3 Å². The second-order valence-corrected chi connectivity index (χ2v) is 7.37. The molecule has 0 saturated heterocycles. The third kappa shape index (κ3) is 16.6. The van der Waals surface area contributed by atoms with Crippen LogP contribution in [-0.4, -0.2) is 39.5 Å². The van der Waals surface area contributed by atoms with E-state index < -0.39 is 0 Å². The van der Waals surface area contributed by atoms with Crippen molar-refractivity contribution in [1.29, 1.82) is 0 Å². The van der Waals surface area contributed by atoms with Gasteiger partial charge in [0.05, 0.1) is 13.0 Å². The van der Waals surface area contributed by atoms with Crippen molar-refractivity contribution in [2.45, 2.75) is 55.8 Å². The standard InChI is InChI=1S/C11H22O2S.2CH3.Sn/c1-3-5-6-10(4-2)9-13-11(12)7-8-14;;;/h10,14H,3-9H2,1-2H3;2*1H3;. The summed E-state index contributed by atoms with van der Waals surface area (Å²) in [5, 5.41) is 0. The van der Waals surface area contributed by atoms with E-state index in [9.17, 15) is 4.79 Å². The number of unbranched alkanes of at least 4 members (excludes halogenated alkanes) is 1. The van der Waals surface area contributed by atoms with E-state index in [0.29, 0.717) is 24.7 Å². The number of carbonyl (C=O) groups is 1. The number of ether oxygens (including phenoxy) is 1. The second-order valence-electron chi connectivity index (χ2n) is 4.07. The van der Waals surface area contributed by atoms with Crippen molar-refractivity contribution >= 4 is 39.7 Å². The molecule has 0 fully saturated rings. The Balaban J connectivity index is 0. The van der Waals surface area contributed by atoms with Crippen LogP contribution in [0.25, 0.3) is 0 Å². The quantitative estimate of drug-likeness (QED) is 0.401. The van der Waals surface area contributed by atoms with Gasteiger partial charge < -0.3 is 4.74 Å². The van der Waals surface area contributed by atoms with Gasteiger partial charge in [-0.2, -0.15) is 12.6 Å². The zero-order chi connectivity index (χ0) is 13.5. The monoisotopic (exact) mass is 368 g/mol. The molecule has 0 spiro atoms. The summed E-state index contributed by atoms with van der Waals surface area (Å²) < 4.78 is 5.14. The van der Waals surface area contributed by atoms with Gasteiger partial charge in [-0.1, -0.05) is 33.1 Å². The van der Waals surface area contributed by atoms with Crippen molar-refractivity contribution < 1.29 is 9.53 Å². The summed E-state index contributed by atoms with van der Waals surface area (Å²) in [6, 6.07) is 0. The van der Waals surface area contributed by atoms with Crippen LogP contribution in [0.2, 0.25) is 9.88 Å². The Morgan fingerprint density at radius 1 is 1.35 bits per heavy atom. The van der Waals surface area contributed by atoms with E-state index in [2.05, 4.69) is 36.4 Å². The molecule has 0 aromatic rings. The molecule has 0 aromatic heterocycles. The Hall–Kier alpha value is 0.619. The van der Waals surface area contributed by atoms with Crippen molar-refractivity contribution in [2.24, 2.45) is 5.92 Å². The van der Waals surface area contributed by atoms with Crippen LogP contribution in [0.3, 0.4) is 0 Å². The van der Waals surface area contributed by atoms with Crippen molar-refractivity contribution in [1.82, 2.24) is 0 Å². The number of carbonyl (C=O) groups excluding carboxylic acids is 1. The molecule has 0 aliphatic heterocycles. The third-order valence-corrected chi connectivity index (χ3v) is 2.56. The summed E-state index contributed by atoms with van der Waals surface area (Å²) in [4.78, 5) is 15.7. The van der Waals surface area contributed by atoms with Gasteiger partial charge in [-0.25, -0.2) is 0 Å². The van der Waals surface area contributed by atoms with E-state index in [1.54, 1.807) is 0 Å². The molecule has 2 radical (unpaired) electrons. The van der Waals surface area contributed by atoms with E-state index in [1.165, 1.54) is 19.3 Å². The summed E-state index contributed by atoms with van der Waals surface area (Å²) in [7, 11) is 0. The average Bonchev–Trinajstić information content (AvgIpc) is 2.31. The van der Waals surface area contributed by atoms with Crippen LogP contribution in [0.4, 0.5) is 0 Å². The molecule has 0 rings (SSSR count). The molecule has 0 heterocycles. The van der Waals surface area contributed by atoms with Crippen molar-refractivity contribution in [3.05, 3.63) is 0 Å². The Bertz CT molecular complexity index is 165. The zero-order valence-corrected chi connectivity index (χ0v) is 15.5. The summed E-state index contributed by atoms with van der Waals surface area (Å²) in [5.41, 5.74) is 0. The third-order valence-electron chi connectivity index (χ3n) is 2.34. The van der Waals surface area contributed by atoms with E-state index in [1.807, 2.05) is 0 Å². The van der Waals surface area contributed by atoms with E-state index in [4.69, 9.17) is 4.74 Å². The summed E-state index contributed by atoms with van der Waals surface area (Å²) in [5.74, 6) is 0.999. The molecule has 0 aliphatic rings. The molecule has 0 aliphatic carbocycles. The van der Waals surface area contributed by atoms with Gasteiger partial charge in [0.25, 0.3) is 0 Å². The molecule has 0 amide bonds. The van der Waals surface area contributed by atoms with Crippen LogP contribution in [0.1, 0.15) is 46.0 Å². The predicted octanol–water partition coefficient (Wildman–Crippen LogP) is 3.85. The molecule has 4 heteroatoms. The first-order chi connectivity index (χ1) is 8.15. The van der Waals surface area contributed by atoms with Crippen LogP contribution in [0.5, 0.6) is 0 Å². The normalized spacial score (nSPS) is 11.4. The maximum absolute atomic E-state index is 11.1. The Morgan fingerprint density at radius 3 is 2.35 bits per heavy atom. The fraction of sp³-hybridized carbons (Fsp3) is 0.923. The molecule has 1 atom stereocenters. The fourth-order valence-electron chi connectivity index (χ4n) is 1.27. The summed E-state index contributed by atoms with van der Waals surface area (Å²) >= 11 is 4.21. The molecule has 0 N–H and O–H groups in total. The number of hydrogen-bond acceptors (Lipinski definition) is 3. The SMILES string of the molecule is CCCCC(CC)COC(=O)CCS.[CH3][Sn][CH3]. The first-order valence-electron chi connectivity index (χ1n) is 6.51. The van der Waals surface area contributed by atoms with Gasteiger partial charge in [-0.15, -0.1) is 0 Å². The number of rotatable bonds is 8. The van der Waals surface area contributed by atoms with E-state index in [0.717, 1.165) is 6.42 Å². The Kier molecular flexibility index (Phi) is 19.5. The van der Waals surface area contributed by atoms with Gasteiger partial charge in [0.1, 0.15) is 0 Å². The van der Waals surface area contributed by atoms with Crippen molar-refractivity contribution in [3.8, 4) is 0 Å². The number of thiol groups is 1. The first-order valence-corrected chi connectivity index (χ1v) is 12.8. The Morgan fingerprint density at radius 2 is 1.94 bits per heavy atom. The molecule has 0 aromatic carbocycles. The maximum atomic E-state index is 11.1. The van der Waals surface area contributed by atoms with Crippen LogP contribution in [-0.2, 0) is 9.53 Å². The fourth-order valence-corrected chi connectivity index (χ4v) is 1.45. The second kappa shape index (κ2) is 16.6. The van der Waals surface area contributed by atoms with Gasteiger partial charge in [0.15, 0.2) is 0 Å². The zero-order valence-electron chi connectivity index (χ0n) is 11.8. The van der Waals surface area contributed by atoms with Crippen molar-refractivity contribution in [2.75, 3.05) is 12.4 Å². The molecule has 0 bridgehead atoms. The average molecular weight is 367 g/mol. The van der Waals surface area contributed by atoms with Crippen LogP contribution in [0, 0.1) is 5.92 Å². The molecule has 0 saturated carbocycles. The van der Waals surface area contributed by atoms with Crippen molar-refractivity contribution in [3.63, 3.8) is 0 Å². The minimum absolute atomic E-state index is 0.116. The van der Waals surface area contributed by atoms with Crippen LogP contribution in [0.15, 0.2) is 0 Å². The predicted molar refractivity (Wildman–Crippen MR) is 80.2 cm³/mol. The molecule has 102 valence electrons.